The summed E-state index contributed by atoms with van der Waals surface area (Å²) in [6.45, 7) is 1.82. The van der Waals surface area contributed by atoms with E-state index in [4.69, 9.17) is 0 Å². The van der Waals surface area contributed by atoms with Crippen molar-refractivity contribution in [2.45, 2.75) is 51.0 Å². The van der Waals surface area contributed by atoms with E-state index in [-0.39, 0.29) is 11.9 Å². The van der Waals surface area contributed by atoms with Crippen molar-refractivity contribution < 1.29 is 9.59 Å². The monoisotopic (exact) mass is 210 g/mol. The van der Waals surface area contributed by atoms with Crippen molar-refractivity contribution in [1.29, 1.82) is 0 Å². The number of carbonyl (C=O) groups is 2. The summed E-state index contributed by atoms with van der Waals surface area (Å²) in [5.74, 6) is 0.422. The van der Waals surface area contributed by atoms with Crippen LogP contribution < -0.4 is 10.6 Å². The summed E-state index contributed by atoms with van der Waals surface area (Å²) in [5.41, 5.74) is -0.668. The van der Waals surface area contributed by atoms with E-state index in [0.717, 1.165) is 6.42 Å². The zero-order chi connectivity index (χ0) is 10.9. The lowest BCUT2D eigenvalue weighted by molar-refractivity contribution is -0.124. The minimum absolute atomic E-state index is 0.168. The first kappa shape index (κ1) is 10.5. The first-order valence-electron chi connectivity index (χ1n) is 5.74. The van der Waals surface area contributed by atoms with E-state index in [2.05, 4.69) is 10.6 Å². The Balaban J connectivity index is 1.97. The van der Waals surface area contributed by atoms with Crippen molar-refractivity contribution in [3.63, 3.8) is 0 Å². The van der Waals surface area contributed by atoms with Crippen LogP contribution >= 0.6 is 0 Å². The van der Waals surface area contributed by atoms with Crippen LogP contribution in [0.25, 0.3) is 0 Å². The van der Waals surface area contributed by atoms with Gasteiger partial charge in [0, 0.05) is 0 Å². The van der Waals surface area contributed by atoms with Crippen LogP contribution in [-0.2, 0) is 4.79 Å². The summed E-state index contributed by atoms with van der Waals surface area (Å²) in [4.78, 5) is 22.7. The highest BCUT2D eigenvalue weighted by Gasteiger charge is 2.43. The van der Waals surface area contributed by atoms with Gasteiger partial charge < -0.3 is 5.32 Å². The standard InChI is InChI=1S/C11H18N2O2/c1-11(9(14)12-10(15)13-11)7-8-5-3-2-4-6-8/h8H,2-7H2,1H3,(H2,12,13,14,15). The van der Waals surface area contributed by atoms with E-state index >= 15 is 0 Å². The molecular weight excluding hydrogens is 192 g/mol. The first-order valence-corrected chi connectivity index (χ1v) is 5.74. The molecule has 4 heteroatoms. The molecule has 1 saturated carbocycles. The number of rotatable bonds is 2. The number of imide groups is 1. The lowest BCUT2D eigenvalue weighted by Crippen LogP contribution is -2.45. The van der Waals surface area contributed by atoms with Gasteiger partial charge in [-0.25, -0.2) is 4.79 Å². The molecule has 0 bridgehead atoms. The summed E-state index contributed by atoms with van der Waals surface area (Å²) in [6, 6.07) is -0.349. The highest BCUT2D eigenvalue weighted by atomic mass is 16.2. The number of nitrogens with one attached hydrogen (secondary N) is 2. The summed E-state index contributed by atoms with van der Waals surface area (Å²) in [5, 5.41) is 5.04. The summed E-state index contributed by atoms with van der Waals surface area (Å²) >= 11 is 0. The zero-order valence-electron chi connectivity index (χ0n) is 9.14. The van der Waals surface area contributed by atoms with Gasteiger partial charge in [-0.15, -0.1) is 0 Å². The second kappa shape index (κ2) is 3.83. The van der Waals surface area contributed by atoms with Crippen LogP contribution in [-0.4, -0.2) is 17.5 Å². The molecule has 15 heavy (non-hydrogen) atoms. The minimum Gasteiger partial charge on any atom is -0.324 e. The third-order valence-corrected chi connectivity index (χ3v) is 3.54. The number of carbonyl (C=O) groups excluding carboxylic acids is 2. The molecule has 0 aromatic heterocycles. The summed E-state index contributed by atoms with van der Waals surface area (Å²) in [7, 11) is 0. The molecule has 2 fully saturated rings. The Morgan fingerprint density at radius 1 is 1.27 bits per heavy atom. The largest absolute Gasteiger partial charge is 0.324 e. The smallest absolute Gasteiger partial charge is 0.322 e. The Bertz CT molecular complexity index is 284. The van der Waals surface area contributed by atoms with Crippen LogP contribution in [0.3, 0.4) is 0 Å². The van der Waals surface area contributed by atoms with Gasteiger partial charge in [0.15, 0.2) is 0 Å². The van der Waals surface area contributed by atoms with Crippen molar-refractivity contribution in [3.05, 3.63) is 0 Å². The Morgan fingerprint density at radius 3 is 2.47 bits per heavy atom. The molecule has 0 aromatic rings. The van der Waals surface area contributed by atoms with Crippen LogP contribution in [0.15, 0.2) is 0 Å². The Kier molecular flexibility index (Phi) is 2.67. The van der Waals surface area contributed by atoms with Crippen molar-refractivity contribution in [1.82, 2.24) is 10.6 Å². The molecule has 1 atom stereocenters. The second-order valence-electron chi connectivity index (χ2n) is 4.95. The van der Waals surface area contributed by atoms with Crippen molar-refractivity contribution in [2.75, 3.05) is 0 Å². The van der Waals surface area contributed by atoms with Crippen LogP contribution in [0.4, 0.5) is 4.79 Å². The van der Waals surface area contributed by atoms with E-state index in [0.29, 0.717) is 5.92 Å². The molecule has 3 amide bonds. The number of amides is 3. The van der Waals surface area contributed by atoms with E-state index in [1.807, 2.05) is 6.92 Å². The number of hydrogen-bond donors (Lipinski definition) is 2. The fourth-order valence-electron chi connectivity index (χ4n) is 2.69. The van der Waals surface area contributed by atoms with E-state index in [1.165, 1.54) is 32.1 Å². The average molecular weight is 210 g/mol. The molecular formula is C11H18N2O2. The number of hydrogen-bond acceptors (Lipinski definition) is 2. The predicted molar refractivity (Wildman–Crippen MR) is 56.3 cm³/mol. The normalized spacial score (nSPS) is 32.6. The van der Waals surface area contributed by atoms with Gasteiger partial charge in [0.25, 0.3) is 5.91 Å². The average Bonchev–Trinajstić information content (AvgIpc) is 2.41. The van der Waals surface area contributed by atoms with Crippen molar-refractivity contribution >= 4 is 11.9 Å². The zero-order valence-corrected chi connectivity index (χ0v) is 9.14. The SMILES string of the molecule is CC1(CC2CCCCC2)NC(=O)NC1=O. The fourth-order valence-corrected chi connectivity index (χ4v) is 2.69. The summed E-state index contributed by atoms with van der Waals surface area (Å²) < 4.78 is 0. The molecule has 1 aliphatic carbocycles. The van der Waals surface area contributed by atoms with E-state index in [9.17, 15) is 9.59 Å². The van der Waals surface area contributed by atoms with Gasteiger partial charge >= 0.3 is 6.03 Å². The maximum atomic E-state index is 11.6. The van der Waals surface area contributed by atoms with Crippen LogP contribution in [0.2, 0.25) is 0 Å². The third kappa shape index (κ3) is 2.13. The predicted octanol–water partition coefficient (Wildman–Crippen LogP) is 1.55. The van der Waals surface area contributed by atoms with Gasteiger partial charge in [-0.05, 0) is 19.3 Å². The molecule has 0 radical (unpaired) electrons. The lowest BCUT2D eigenvalue weighted by Gasteiger charge is -2.29. The Morgan fingerprint density at radius 2 is 1.93 bits per heavy atom. The molecule has 1 saturated heterocycles. The Hall–Kier alpha value is -1.06. The number of urea groups is 1. The van der Waals surface area contributed by atoms with Gasteiger partial charge in [0.05, 0.1) is 0 Å². The van der Waals surface area contributed by atoms with Crippen LogP contribution in [0, 0.1) is 5.92 Å². The highest BCUT2D eigenvalue weighted by Crippen LogP contribution is 2.31. The third-order valence-electron chi connectivity index (χ3n) is 3.54. The summed E-state index contributed by atoms with van der Waals surface area (Å²) in [6.07, 6.45) is 7.00. The first-order chi connectivity index (χ1) is 7.10. The molecule has 0 aromatic carbocycles. The van der Waals surface area contributed by atoms with Crippen LogP contribution in [0.5, 0.6) is 0 Å². The molecule has 2 N–H and O–H groups in total. The molecule has 2 aliphatic rings. The van der Waals surface area contributed by atoms with E-state index < -0.39 is 5.54 Å². The second-order valence-corrected chi connectivity index (χ2v) is 4.95. The van der Waals surface area contributed by atoms with Gasteiger partial charge in [0.2, 0.25) is 0 Å². The maximum Gasteiger partial charge on any atom is 0.322 e. The van der Waals surface area contributed by atoms with Gasteiger partial charge in [0.1, 0.15) is 5.54 Å². The molecule has 84 valence electrons. The van der Waals surface area contributed by atoms with Crippen LogP contribution in [0.1, 0.15) is 45.4 Å². The van der Waals surface area contributed by atoms with Gasteiger partial charge in [-0.1, -0.05) is 32.1 Å². The molecule has 4 nitrogen and oxygen atoms in total. The molecule has 1 heterocycles. The molecule has 1 aliphatic heterocycles. The molecule has 0 spiro atoms. The minimum atomic E-state index is -0.668. The van der Waals surface area contributed by atoms with Gasteiger partial charge in [-0.3, -0.25) is 10.1 Å². The topological polar surface area (TPSA) is 58.2 Å². The van der Waals surface area contributed by atoms with Crippen molar-refractivity contribution in [2.24, 2.45) is 5.92 Å². The van der Waals surface area contributed by atoms with Crippen molar-refractivity contribution in [3.8, 4) is 0 Å². The molecule has 1 unspecified atom stereocenters. The fraction of sp³-hybridized carbons (Fsp3) is 0.818. The lowest BCUT2D eigenvalue weighted by atomic mass is 9.80. The molecule has 2 rings (SSSR count). The van der Waals surface area contributed by atoms with E-state index in [1.54, 1.807) is 0 Å². The van der Waals surface area contributed by atoms with Gasteiger partial charge in [-0.2, -0.15) is 0 Å². The maximum absolute atomic E-state index is 11.6. The quantitative estimate of drug-likeness (QED) is 0.679. The Labute approximate surface area is 89.8 Å². The highest BCUT2D eigenvalue weighted by molar-refractivity contribution is 6.06.